The molecule has 1 aromatic rings. The minimum atomic E-state index is -1.54. The van der Waals surface area contributed by atoms with Gasteiger partial charge in [0.05, 0.1) is 6.61 Å². The zero-order valence-corrected chi connectivity index (χ0v) is 34.7. The molecule has 5 N–H and O–H groups in total. The molecular weight excluding hydrogens is 698 g/mol. The molecule has 1 saturated heterocycles. The van der Waals surface area contributed by atoms with Crippen molar-refractivity contribution in [1.82, 2.24) is 15.5 Å². The molecule has 1 aliphatic rings. The molecule has 0 aromatic heterocycles. The summed E-state index contributed by atoms with van der Waals surface area (Å²) < 4.78 is 11.6. The average molecular weight is 776 g/mol. The van der Waals surface area contributed by atoms with Gasteiger partial charge in [-0.2, -0.15) is 0 Å². The maximum Gasteiger partial charge on any atom is 0.408 e. The summed E-state index contributed by atoms with van der Waals surface area (Å²) in [7, 11) is 0. The summed E-state index contributed by atoms with van der Waals surface area (Å²) in [5, 5.41) is 38.0. The molecular formula is C44H77N3O8. The van der Waals surface area contributed by atoms with Crippen LogP contribution in [0.5, 0.6) is 0 Å². The first-order valence-electron chi connectivity index (χ1n) is 21.8. The summed E-state index contributed by atoms with van der Waals surface area (Å²) in [5.74, 6) is -0.726. The summed E-state index contributed by atoms with van der Waals surface area (Å²) in [6.07, 6.45) is 15.9. The predicted octanol–water partition coefficient (Wildman–Crippen LogP) is 7.92. The average Bonchev–Trinajstić information content (AvgIpc) is 3.17. The van der Waals surface area contributed by atoms with Crippen LogP contribution in [-0.4, -0.2) is 87.9 Å². The monoisotopic (exact) mass is 776 g/mol. The van der Waals surface area contributed by atoms with Crippen LogP contribution >= 0.6 is 0 Å². The van der Waals surface area contributed by atoms with Crippen LogP contribution in [0.3, 0.4) is 0 Å². The molecule has 1 aromatic carbocycles. The second-order valence-corrected chi connectivity index (χ2v) is 16.0. The van der Waals surface area contributed by atoms with Crippen LogP contribution in [0.4, 0.5) is 4.79 Å². The number of benzene rings is 1. The smallest absolute Gasteiger partial charge is 0.408 e. The van der Waals surface area contributed by atoms with Crippen molar-refractivity contribution in [1.29, 1.82) is 0 Å². The lowest BCUT2D eigenvalue weighted by Crippen LogP contribution is -2.70. The zero-order chi connectivity index (χ0) is 40.3. The Kier molecular flexibility index (Phi) is 26.0. The number of ether oxygens (including phenoxy) is 2. The van der Waals surface area contributed by atoms with Crippen LogP contribution < -0.4 is 10.6 Å². The summed E-state index contributed by atoms with van der Waals surface area (Å²) in [6, 6.07) is 6.99. The number of hydrogen-bond donors (Lipinski definition) is 5. The highest BCUT2D eigenvalue weighted by Crippen LogP contribution is 2.26. The van der Waals surface area contributed by atoms with Crippen molar-refractivity contribution in [3.05, 3.63) is 35.9 Å². The fraction of sp³-hybridized carbons (Fsp3) is 0.795. The number of aliphatic hydroxyl groups is 3. The molecule has 55 heavy (non-hydrogen) atoms. The molecule has 1 heterocycles. The molecule has 1 aliphatic heterocycles. The van der Waals surface area contributed by atoms with Crippen LogP contribution in [-0.2, 0) is 25.7 Å². The lowest BCUT2D eigenvalue weighted by atomic mass is 9.94. The molecule has 0 spiro atoms. The lowest BCUT2D eigenvalue weighted by Gasteiger charge is -2.47. The van der Waals surface area contributed by atoms with Gasteiger partial charge in [-0.05, 0) is 30.7 Å². The van der Waals surface area contributed by atoms with Gasteiger partial charge in [0.25, 0.3) is 0 Å². The Hall–Kier alpha value is -2.73. The number of nitrogens with one attached hydrogen (secondary N) is 2. The van der Waals surface area contributed by atoms with E-state index in [4.69, 9.17) is 9.47 Å². The van der Waals surface area contributed by atoms with Gasteiger partial charge in [0.2, 0.25) is 11.8 Å². The molecule has 0 bridgehead atoms. The van der Waals surface area contributed by atoms with Crippen LogP contribution in [0, 0.1) is 5.92 Å². The largest absolute Gasteiger partial charge is 0.445 e. The first-order valence-corrected chi connectivity index (χ1v) is 21.8. The van der Waals surface area contributed by atoms with Gasteiger partial charge >= 0.3 is 6.09 Å². The number of hydrogen-bond acceptors (Lipinski definition) is 8. The maximum atomic E-state index is 14.0. The van der Waals surface area contributed by atoms with Gasteiger partial charge in [0.1, 0.15) is 37.0 Å². The Labute approximate surface area is 332 Å². The second-order valence-electron chi connectivity index (χ2n) is 16.0. The standard InChI is InChI=1S/C44H77N3O8/c1-5-7-9-11-13-15-17-19-21-26-30-47(38(49)29-25-20-18-16-14-12-10-8-6-2)43-39(41(51)40(50)37(32-48)55-43)46-42(52)36(31-34(3)4)45-44(53)54-33-35-27-23-22-24-28-35/h22-24,27-28,34,36-37,39-41,43,48,50-51H,5-21,25-26,29-33H2,1-4H3,(H,45,53)(H,46,52)/t36-,37+,39+,40-,41+,43+/m0/s1. The third-order valence-corrected chi connectivity index (χ3v) is 10.6. The van der Waals surface area contributed by atoms with E-state index in [1.165, 1.54) is 70.6 Å². The van der Waals surface area contributed by atoms with E-state index < -0.39 is 55.2 Å². The van der Waals surface area contributed by atoms with Crippen molar-refractivity contribution in [2.75, 3.05) is 13.2 Å². The number of aliphatic hydroxyl groups excluding tert-OH is 3. The summed E-state index contributed by atoms with van der Waals surface area (Å²) in [4.78, 5) is 42.4. The fourth-order valence-electron chi connectivity index (χ4n) is 7.29. The molecule has 3 amide bonds. The van der Waals surface area contributed by atoms with E-state index in [1.807, 2.05) is 44.2 Å². The third kappa shape index (κ3) is 19.8. The molecule has 11 heteroatoms. The maximum absolute atomic E-state index is 14.0. The van der Waals surface area contributed by atoms with Crippen LogP contribution in [0.25, 0.3) is 0 Å². The topological polar surface area (TPSA) is 158 Å². The molecule has 0 unspecified atom stereocenters. The van der Waals surface area contributed by atoms with Crippen molar-refractivity contribution < 1.29 is 39.2 Å². The van der Waals surface area contributed by atoms with E-state index in [2.05, 4.69) is 24.5 Å². The van der Waals surface area contributed by atoms with Gasteiger partial charge < -0.3 is 40.3 Å². The van der Waals surface area contributed by atoms with Gasteiger partial charge in [0.15, 0.2) is 6.23 Å². The van der Waals surface area contributed by atoms with E-state index in [9.17, 15) is 29.7 Å². The Balaban J connectivity index is 2.17. The summed E-state index contributed by atoms with van der Waals surface area (Å²) >= 11 is 0. The summed E-state index contributed by atoms with van der Waals surface area (Å²) in [5.41, 5.74) is 0.801. The van der Waals surface area contributed by atoms with Gasteiger partial charge in [-0.25, -0.2) is 4.79 Å². The Morgan fingerprint density at radius 1 is 0.764 bits per heavy atom. The molecule has 1 fully saturated rings. The van der Waals surface area contributed by atoms with Gasteiger partial charge in [0, 0.05) is 13.0 Å². The van der Waals surface area contributed by atoms with Gasteiger partial charge in [-0.1, -0.05) is 167 Å². The number of rotatable bonds is 30. The first-order chi connectivity index (χ1) is 26.6. The van der Waals surface area contributed by atoms with E-state index in [1.54, 1.807) is 4.90 Å². The molecule has 2 rings (SSSR count). The molecule has 316 valence electrons. The highest BCUT2D eigenvalue weighted by atomic mass is 16.6. The van der Waals surface area contributed by atoms with Crippen molar-refractivity contribution >= 4 is 17.9 Å². The van der Waals surface area contributed by atoms with Crippen LogP contribution in [0.15, 0.2) is 30.3 Å². The van der Waals surface area contributed by atoms with Crippen molar-refractivity contribution in [3.8, 4) is 0 Å². The number of carbonyl (C=O) groups excluding carboxylic acids is 3. The number of unbranched alkanes of at least 4 members (excludes halogenated alkanes) is 17. The van der Waals surface area contributed by atoms with Crippen molar-refractivity contribution in [2.24, 2.45) is 5.92 Å². The van der Waals surface area contributed by atoms with E-state index in [-0.39, 0.29) is 24.9 Å². The molecule has 11 nitrogen and oxygen atoms in total. The Morgan fingerprint density at radius 3 is 1.82 bits per heavy atom. The van der Waals surface area contributed by atoms with Crippen molar-refractivity contribution in [3.63, 3.8) is 0 Å². The molecule has 6 atom stereocenters. The highest BCUT2D eigenvalue weighted by molar-refractivity contribution is 5.86. The molecule has 0 aliphatic carbocycles. The van der Waals surface area contributed by atoms with Crippen LogP contribution in [0.1, 0.15) is 168 Å². The van der Waals surface area contributed by atoms with Gasteiger partial charge in [-0.3, -0.25) is 9.59 Å². The second kappa shape index (κ2) is 29.5. The Morgan fingerprint density at radius 2 is 1.29 bits per heavy atom. The molecule has 0 saturated carbocycles. The first kappa shape index (κ1) is 48.4. The van der Waals surface area contributed by atoms with E-state index in [0.717, 1.165) is 44.1 Å². The fourth-order valence-corrected chi connectivity index (χ4v) is 7.29. The minimum absolute atomic E-state index is 0.0172. The predicted molar refractivity (Wildman–Crippen MR) is 218 cm³/mol. The minimum Gasteiger partial charge on any atom is -0.445 e. The summed E-state index contributed by atoms with van der Waals surface area (Å²) in [6.45, 7) is 8.10. The third-order valence-electron chi connectivity index (χ3n) is 10.6. The number of alkyl carbamates (subject to hydrolysis) is 1. The number of carbonyl (C=O) groups is 3. The number of nitrogens with zero attached hydrogens (tertiary/aromatic N) is 1. The van der Waals surface area contributed by atoms with Crippen molar-refractivity contribution in [2.45, 2.75) is 206 Å². The highest BCUT2D eigenvalue weighted by Gasteiger charge is 2.48. The van der Waals surface area contributed by atoms with E-state index >= 15 is 0 Å². The quantitative estimate of drug-likeness (QED) is 0.0494. The zero-order valence-electron chi connectivity index (χ0n) is 34.7. The number of amides is 3. The molecule has 0 radical (unpaired) electrons. The van der Waals surface area contributed by atoms with Crippen LogP contribution in [0.2, 0.25) is 0 Å². The van der Waals surface area contributed by atoms with E-state index in [0.29, 0.717) is 25.8 Å². The normalized spacial score (nSPS) is 20.3. The SMILES string of the molecule is CCCCCCCCCCCCN(C(=O)CCCCCCCCCCC)[C@@H]1O[C@H](CO)[C@H](O)[C@H](O)[C@H]1NC(=O)[C@H](CC(C)C)NC(=O)OCc1ccccc1. The lowest BCUT2D eigenvalue weighted by molar-refractivity contribution is -0.231. The Bertz CT molecular complexity index is 1160. The van der Waals surface area contributed by atoms with Gasteiger partial charge in [-0.15, -0.1) is 0 Å².